The zero-order chi connectivity index (χ0) is 23.5. The Kier molecular flexibility index (Phi) is 6.12. The minimum atomic E-state index is -0.448. The van der Waals surface area contributed by atoms with Crippen LogP contribution < -0.4 is 15.5 Å². The van der Waals surface area contributed by atoms with Crippen molar-refractivity contribution in [3.8, 4) is 5.75 Å². The van der Waals surface area contributed by atoms with Crippen LogP contribution in [0.3, 0.4) is 0 Å². The first-order valence-electron chi connectivity index (χ1n) is 10.5. The number of carbonyl (C=O) groups is 1. The Labute approximate surface area is 190 Å². The number of furan rings is 1. The van der Waals surface area contributed by atoms with Crippen LogP contribution in [0.4, 0.5) is 17.1 Å². The molecule has 1 heterocycles. The average molecular weight is 448 g/mol. The predicted molar refractivity (Wildman–Crippen MR) is 125 cm³/mol. The zero-order valence-electron chi connectivity index (χ0n) is 18.6. The fourth-order valence-electron chi connectivity index (χ4n) is 3.88. The number of rotatable bonds is 6. The average Bonchev–Trinajstić information content (AvgIpc) is 3.15. The third kappa shape index (κ3) is 4.57. The second-order valence-corrected chi connectivity index (χ2v) is 7.84. The van der Waals surface area contributed by atoms with Crippen LogP contribution in [0.5, 0.6) is 5.75 Å². The van der Waals surface area contributed by atoms with Gasteiger partial charge in [0.1, 0.15) is 11.5 Å². The number of hydrogen-bond acceptors (Lipinski definition) is 7. The molecule has 1 aliphatic rings. The van der Waals surface area contributed by atoms with Crippen LogP contribution in [-0.2, 0) is 6.42 Å². The molecule has 9 nitrogen and oxygen atoms in total. The Bertz CT molecular complexity index is 1240. The van der Waals surface area contributed by atoms with E-state index in [2.05, 4.69) is 15.8 Å². The lowest BCUT2D eigenvalue weighted by Gasteiger charge is -2.13. The second-order valence-electron chi connectivity index (χ2n) is 7.84. The Morgan fingerprint density at radius 1 is 1.15 bits per heavy atom. The minimum Gasteiger partial charge on any atom is -0.495 e. The van der Waals surface area contributed by atoms with E-state index in [1.807, 2.05) is 26.0 Å². The van der Waals surface area contributed by atoms with Crippen LogP contribution >= 0.6 is 0 Å². The van der Waals surface area contributed by atoms with E-state index in [1.165, 1.54) is 12.1 Å². The summed E-state index contributed by atoms with van der Waals surface area (Å²) in [6.07, 6.45) is 2.28. The molecule has 1 aromatic heterocycles. The number of methoxy groups -OCH3 is 1. The van der Waals surface area contributed by atoms with Crippen LogP contribution in [0, 0.1) is 24.0 Å². The van der Waals surface area contributed by atoms with Gasteiger partial charge in [-0.3, -0.25) is 20.3 Å². The van der Waals surface area contributed by atoms with E-state index >= 15 is 0 Å². The van der Waals surface area contributed by atoms with Gasteiger partial charge in [0.25, 0.3) is 11.6 Å². The summed E-state index contributed by atoms with van der Waals surface area (Å²) < 4.78 is 11.3. The highest BCUT2D eigenvalue weighted by molar-refractivity contribution is 6.09. The third-order valence-electron chi connectivity index (χ3n) is 5.53. The maximum Gasteiger partial charge on any atom is 0.291 e. The number of nitrogens with one attached hydrogen (secondary N) is 2. The number of hydrazone groups is 1. The van der Waals surface area contributed by atoms with Crippen LogP contribution in [0.2, 0.25) is 0 Å². The number of benzene rings is 2. The molecule has 2 N–H and O–H groups in total. The van der Waals surface area contributed by atoms with E-state index < -0.39 is 4.92 Å². The lowest BCUT2D eigenvalue weighted by atomic mass is 9.93. The quantitative estimate of drug-likeness (QED) is 0.394. The summed E-state index contributed by atoms with van der Waals surface area (Å²) in [5.74, 6) is 1.18. The van der Waals surface area contributed by atoms with Crippen molar-refractivity contribution in [2.24, 2.45) is 5.10 Å². The van der Waals surface area contributed by atoms with Crippen molar-refractivity contribution in [1.29, 1.82) is 0 Å². The first-order chi connectivity index (χ1) is 15.9. The molecule has 9 heteroatoms. The predicted octanol–water partition coefficient (Wildman–Crippen LogP) is 5.22. The Hall–Kier alpha value is -4.14. The summed E-state index contributed by atoms with van der Waals surface area (Å²) in [4.78, 5) is 23.4. The standard InChI is InChI=1S/C24H24N4O5/c1-14-7-12-20(32-3)19(13-14)25-24(29)23-15(2)22-18(5-4-6-21(22)33-23)27-26-16-8-10-17(11-9-16)28(30)31/h7-13,26H,4-6H2,1-3H3,(H,25,29)/b27-18+. The first kappa shape index (κ1) is 22.1. The van der Waals surface area contributed by atoms with Crippen molar-refractivity contribution < 1.29 is 18.9 Å². The van der Waals surface area contributed by atoms with E-state index in [9.17, 15) is 14.9 Å². The number of anilines is 2. The normalized spacial score (nSPS) is 14.0. The fraction of sp³-hybridized carbons (Fsp3) is 0.250. The second kappa shape index (κ2) is 9.15. The highest BCUT2D eigenvalue weighted by Gasteiger charge is 2.28. The van der Waals surface area contributed by atoms with Gasteiger partial charge in [0, 0.05) is 29.7 Å². The van der Waals surface area contributed by atoms with Crippen molar-refractivity contribution in [3.63, 3.8) is 0 Å². The van der Waals surface area contributed by atoms with Crippen LogP contribution in [0.15, 0.2) is 52.0 Å². The number of amides is 1. The molecule has 0 aliphatic heterocycles. The molecule has 0 radical (unpaired) electrons. The lowest BCUT2D eigenvalue weighted by Crippen LogP contribution is -2.15. The third-order valence-corrected chi connectivity index (χ3v) is 5.53. The largest absolute Gasteiger partial charge is 0.495 e. The number of hydrogen-bond donors (Lipinski definition) is 2. The number of nitro benzene ring substituents is 1. The summed E-state index contributed by atoms with van der Waals surface area (Å²) in [5.41, 5.74) is 7.50. The summed E-state index contributed by atoms with van der Waals surface area (Å²) in [6, 6.07) is 11.6. The summed E-state index contributed by atoms with van der Waals surface area (Å²) >= 11 is 0. The van der Waals surface area contributed by atoms with Gasteiger partial charge in [-0.25, -0.2) is 0 Å². The van der Waals surface area contributed by atoms with Crippen LogP contribution in [0.1, 0.15) is 45.8 Å². The molecule has 1 aliphatic carbocycles. The number of ether oxygens (including phenoxy) is 1. The van der Waals surface area contributed by atoms with Gasteiger partial charge in [-0.1, -0.05) is 6.07 Å². The van der Waals surface area contributed by atoms with Gasteiger partial charge in [-0.05, 0) is 56.5 Å². The van der Waals surface area contributed by atoms with Gasteiger partial charge in [-0.15, -0.1) is 0 Å². The topological polar surface area (TPSA) is 119 Å². The molecule has 2 aromatic carbocycles. The van der Waals surface area contributed by atoms with Crippen molar-refractivity contribution in [2.45, 2.75) is 33.1 Å². The van der Waals surface area contributed by atoms with Gasteiger partial charge in [0.05, 0.1) is 29.1 Å². The van der Waals surface area contributed by atoms with Crippen LogP contribution in [-0.4, -0.2) is 23.7 Å². The van der Waals surface area contributed by atoms with Crippen LogP contribution in [0.25, 0.3) is 0 Å². The number of nitro groups is 1. The van der Waals surface area contributed by atoms with Gasteiger partial charge in [0.15, 0.2) is 5.76 Å². The molecule has 0 saturated carbocycles. The van der Waals surface area contributed by atoms with E-state index in [-0.39, 0.29) is 17.4 Å². The first-order valence-corrected chi connectivity index (χ1v) is 10.5. The van der Waals surface area contributed by atoms with E-state index in [1.54, 1.807) is 25.3 Å². The van der Waals surface area contributed by atoms with Gasteiger partial charge < -0.3 is 14.5 Å². The van der Waals surface area contributed by atoms with Gasteiger partial charge in [-0.2, -0.15) is 5.10 Å². The SMILES string of the molecule is COc1ccc(C)cc1NC(=O)c1oc2c(c1C)/C(=N/Nc1ccc([N+](=O)[O-])cc1)CCC2. The highest BCUT2D eigenvalue weighted by atomic mass is 16.6. The summed E-state index contributed by atoms with van der Waals surface area (Å²) in [5, 5.41) is 18.2. The summed E-state index contributed by atoms with van der Waals surface area (Å²) in [6.45, 7) is 3.78. The number of nitrogens with zero attached hydrogens (tertiary/aromatic N) is 2. The molecule has 0 saturated heterocycles. The molecule has 33 heavy (non-hydrogen) atoms. The molecule has 170 valence electrons. The molecule has 0 unspecified atom stereocenters. The lowest BCUT2D eigenvalue weighted by molar-refractivity contribution is -0.384. The number of non-ortho nitro benzene ring substituents is 1. The smallest absolute Gasteiger partial charge is 0.291 e. The number of carbonyl (C=O) groups excluding carboxylic acids is 1. The van der Waals surface area contributed by atoms with Gasteiger partial charge in [0.2, 0.25) is 0 Å². The zero-order valence-corrected chi connectivity index (χ0v) is 18.6. The van der Waals surface area contributed by atoms with Crippen molar-refractivity contribution >= 4 is 28.7 Å². The Morgan fingerprint density at radius 3 is 2.61 bits per heavy atom. The molecule has 4 rings (SSSR count). The number of fused-ring (bicyclic) bond motifs is 1. The van der Waals surface area contributed by atoms with E-state index in [0.717, 1.165) is 41.0 Å². The number of aryl methyl sites for hydroxylation is 2. The molecular weight excluding hydrogens is 424 g/mol. The van der Waals surface area contributed by atoms with E-state index in [4.69, 9.17) is 9.15 Å². The molecule has 1 amide bonds. The molecule has 0 spiro atoms. The molecule has 0 bridgehead atoms. The molecule has 0 atom stereocenters. The minimum absolute atomic E-state index is 0.0136. The molecule has 0 fully saturated rings. The maximum absolute atomic E-state index is 13.0. The highest BCUT2D eigenvalue weighted by Crippen LogP contribution is 2.32. The van der Waals surface area contributed by atoms with Crippen molar-refractivity contribution in [1.82, 2.24) is 0 Å². The van der Waals surface area contributed by atoms with Gasteiger partial charge >= 0.3 is 0 Å². The fourth-order valence-corrected chi connectivity index (χ4v) is 3.88. The maximum atomic E-state index is 13.0. The Morgan fingerprint density at radius 2 is 1.91 bits per heavy atom. The van der Waals surface area contributed by atoms with E-state index in [0.29, 0.717) is 23.5 Å². The van der Waals surface area contributed by atoms with Crippen molar-refractivity contribution in [3.05, 3.63) is 80.8 Å². The Balaban J connectivity index is 1.58. The monoisotopic (exact) mass is 448 g/mol. The molecular formula is C24H24N4O5. The van der Waals surface area contributed by atoms with Crippen molar-refractivity contribution in [2.75, 3.05) is 17.9 Å². The summed E-state index contributed by atoms with van der Waals surface area (Å²) in [7, 11) is 1.55. The molecule has 3 aromatic rings.